The Balaban J connectivity index is 2.12. The number of nitrogens with one attached hydrogen (secondary N) is 2. The van der Waals surface area contributed by atoms with Crippen molar-refractivity contribution in [1.82, 2.24) is 15.2 Å². The summed E-state index contributed by atoms with van der Waals surface area (Å²) in [5, 5.41) is 6.24. The molecule has 0 saturated carbocycles. The minimum Gasteiger partial charge on any atom is -0.320 e. The van der Waals surface area contributed by atoms with Gasteiger partial charge in [0, 0.05) is 11.1 Å². The molecule has 2 amide bonds. The molecular formula is C19H14Cl2F3N5O2. The van der Waals surface area contributed by atoms with Crippen molar-refractivity contribution in [3.05, 3.63) is 75.0 Å². The largest absolute Gasteiger partial charge is 0.435 e. The fraction of sp³-hybridized carbons (Fsp3) is 0.105. The smallest absolute Gasteiger partial charge is 0.320 e. The van der Waals surface area contributed by atoms with Gasteiger partial charge in [-0.25, -0.2) is 10.5 Å². The van der Waals surface area contributed by atoms with Gasteiger partial charge in [0.15, 0.2) is 5.69 Å². The SMILES string of the molecule is Cc1cc(Cl)cc(C(=O)NN)c1NC(=O)c1cc(C(F)(F)F)nn1-c1ccccc1Cl. The van der Waals surface area contributed by atoms with Crippen LogP contribution in [0.25, 0.3) is 5.69 Å². The van der Waals surface area contributed by atoms with Crippen molar-refractivity contribution in [3.8, 4) is 5.69 Å². The van der Waals surface area contributed by atoms with Gasteiger partial charge in [-0.2, -0.15) is 18.3 Å². The van der Waals surface area contributed by atoms with Crippen LogP contribution in [0.2, 0.25) is 10.0 Å². The lowest BCUT2D eigenvalue weighted by Gasteiger charge is -2.15. The molecule has 3 rings (SSSR count). The van der Waals surface area contributed by atoms with E-state index in [4.69, 9.17) is 29.0 Å². The van der Waals surface area contributed by atoms with E-state index in [1.165, 1.54) is 30.3 Å². The van der Waals surface area contributed by atoms with E-state index in [1.54, 1.807) is 13.0 Å². The average molecular weight is 472 g/mol. The normalized spacial score (nSPS) is 11.3. The molecule has 3 aromatic rings. The number of anilines is 1. The van der Waals surface area contributed by atoms with Gasteiger partial charge in [0.1, 0.15) is 5.69 Å². The third-order valence-electron chi connectivity index (χ3n) is 4.23. The first-order valence-electron chi connectivity index (χ1n) is 8.57. The van der Waals surface area contributed by atoms with Crippen molar-refractivity contribution in [1.29, 1.82) is 0 Å². The van der Waals surface area contributed by atoms with Crippen molar-refractivity contribution in [2.45, 2.75) is 13.1 Å². The molecule has 0 radical (unpaired) electrons. The molecule has 2 aromatic carbocycles. The van der Waals surface area contributed by atoms with Crippen LogP contribution in [0.4, 0.5) is 18.9 Å². The number of alkyl halides is 3. The maximum absolute atomic E-state index is 13.3. The van der Waals surface area contributed by atoms with Crippen LogP contribution < -0.4 is 16.6 Å². The fourth-order valence-electron chi connectivity index (χ4n) is 2.83. The predicted molar refractivity (Wildman–Crippen MR) is 109 cm³/mol. The first-order chi connectivity index (χ1) is 14.5. The second-order valence-electron chi connectivity index (χ2n) is 6.35. The molecule has 1 heterocycles. The van der Waals surface area contributed by atoms with E-state index in [-0.39, 0.29) is 27.0 Å². The zero-order valence-corrected chi connectivity index (χ0v) is 17.2. The van der Waals surface area contributed by atoms with E-state index >= 15 is 0 Å². The molecule has 4 N–H and O–H groups in total. The number of nitrogen functional groups attached to an aromatic ring is 1. The Morgan fingerprint density at radius 1 is 1.10 bits per heavy atom. The molecule has 31 heavy (non-hydrogen) atoms. The maximum Gasteiger partial charge on any atom is 0.435 e. The van der Waals surface area contributed by atoms with Gasteiger partial charge < -0.3 is 5.32 Å². The molecule has 7 nitrogen and oxygen atoms in total. The summed E-state index contributed by atoms with van der Waals surface area (Å²) in [5.41, 5.74) is 0.601. The lowest BCUT2D eigenvalue weighted by Crippen LogP contribution is -2.31. The number of hydrogen-bond acceptors (Lipinski definition) is 4. The number of aromatic nitrogens is 2. The average Bonchev–Trinajstić information content (AvgIpc) is 3.15. The van der Waals surface area contributed by atoms with E-state index in [0.29, 0.717) is 11.6 Å². The number of rotatable bonds is 4. The number of aryl methyl sites for hydroxylation is 1. The summed E-state index contributed by atoms with van der Waals surface area (Å²) in [4.78, 5) is 25.1. The number of nitrogens with zero attached hydrogens (tertiary/aromatic N) is 2. The molecule has 0 atom stereocenters. The number of carbonyl (C=O) groups excluding carboxylic acids is 2. The highest BCUT2D eigenvalue weighted by atomic mass is 35.5. The lowest BCUT2D eigenvalue weighted by molar-refractivity contribution is -0.141. The van der Waals surface area contributed by atoms with Crippen LogP contribution in [0.3, 0.4) is 0 Å². The van der Waals surface area contributed by atoms with Gasteiger partial charge in [-0.15, -0.1) is 0 Å². The van der Waals surface area contributed by atoms with Gasteiger partial charge >= 0.3 is 6.18 Å². The monoisotopic (exact) mass is 471 g/mol. The van der Waals surface area contributed by atoms with Crippen LogP contribution in [0.15, 0.2) is 42.5 Å². The molecule has 0 saturated heterocycles. The van der Waals surface area contributed by atoms with E-state index in [2.05, 4.69) is 10.4 Å². The van der Waals surface area contributed by atoms with Gasteiger partial charge in [0.25, 0.3) is 11.8 Å². The van der Waals surface area contributed by atoms with E-state index < -0.39 is 29.4 Å². The Morgan fingerprint density at radius 3 is 2.39 bits per heavy atom. The van der Waals surface area contributed by atoms with Crippen LogP contribution in [0.1, 0.15) is 32.1 Å². The second kappa shape index (κ2) is 8.58. The van der Waals surface area contributed by atoms with Gasteiger partial charge in [0.05, 0.1) is 22.0 Å². The zero-order valence-electron chi connectivity index (χ0n) is 15.7. The van der Waals surface area contributed by atoms with Crippen molar-refractivity contribution < 1.29 is 22.8 Å². The minimum absolute atomic E-state index is 0.0258. The zero-order chi connectivity index (χ0) is 22.9. The Morgan fingerprint density at radius 2 is 1.77 bits per heavy atom. The van der Waals surface area contributed by atoms with Gasteiger partial charge in [-0.3, -0.25) is 15.0 Å². The second-order valence-corrected chi connectivity index (χ2v) is 7.19. The Bertz CT molecular complexity index is 1180. The first kappa shape index (κ1) is 22.6. The third kappa shape index (κ3) is 4.66. The molecule has 162 valence electrons. The van der Waals surface area contributed by atoms with E-state index in [1.807, 2.05) is 5.43 Å². The summed E-state index contributed by atoms with van der Waals surface area (Å²) in [6.07, 6.45) is -4.80. The summed E-state index contributed by atoms with van der Waals surface area (Å²) in [7, 11) is 0. The molecule has 0 unspecified atom stereocenters. The topological polar surface area (TPSA) is 102 Å². The Kier molecular flexibility index (Phi) is 6.25. The van der Waals surface area contributed by atoms with Gasteiger partial charge in [0.2, 0.25) is 0 Å². The van der Waals surface area contributed by atoms with Crippen molar-refractivity contribution >= 4 is 40.7 Å². The number of carbonyl (C=O) groups is 2. The van der Waals surface area contributed by atoms with E-state index in [9.17, 15) is 22.8 Å². The number of amides is 2. The molecule has 0 aliphatic carbocycles. The van der Waals surface area contributed by atoms with Crippen LogP contribution >= 0.6 is 23.2 Å². The number of hydrazine groups is 1. The number of halogens is 5. The molecule has 0 fully saturated rings. The first-order valence-corrected chi connectivity index (χ1v) is 9.33. The summed E-state index contributed by atoms with van der Waals surface area (Å²) in [6.45, 7) is 1.56. The fourth-order valence-corrected chi connectivity index (χ4v) is 3.32. The summed E-state index contributed by atoms with van der Waals surface area (Å²) < 4.78 is 40.7. The summed E-state index contributed by atoms with van der Waals surface area (Å²) in [6, 6.07) is 9.29. The Hall–Kier alpha value is -3.08. The van der Waals surface area contributed by atoms with Crippen molar-refractivity contribution in [3.63, 3.8) is 0 Å². The van der Waals surface area contributed by atoms with Crippen LogP contribution in [-0.2, 0) is 6.18 Å². The number of benzene rings is 2. The predicted octanol–water partition coefficient (Wildman–Crippen LogP) is 4.36. The lowest BCUT2D eigenvalue weighted by atomic mass is 10.1. The van der Waals surface area contributed by atoms with Crippen molar-refractivity contribution in [2.24, 2.45) is 5.84 Å². The molecule has 0 aliphatic rings. The summed E-state index contributed by atoms with van der Waals surface area (Å²) in [5.74, 6) is 3.46. The van der Waals surface area contributed by atoms with Crippen LogP contribution in [0.5, 0.6) is 0 Å². The molecule has 0 aliphatic heterocycles. The number of nitrogens with two attached hydrogens (primary N) is 1. The maximum atomic E-state index is 13.3. The molecule has 0 bridgehead atoms. The van der Waals surface area contributed by atoms with Crippen molar-refractivity contribution in [2.75, 3.05) is 5.32 Å². The molecule has 0 spiro atoms. The highest BCUT2D eigenvalue weighted by Crippen LogP contribution is 2.32. The number of hydrogen-bond donors (Lipinski definition) is 3. The highest BCUT2D eigenvalue weighted by molar-refractivity contribution is 6.32. The molecular weight excluding hydrogens is 458 g/mol. The standard InChI is InChI=1S/C19H14Cl2F3N5O2/c1-9-6-10(20)7-11(17(30)27-25)16(9)26-18(31)14-8-15(19(22,23)24)28-29(14)13-5-3-2-4-12(13)21/h2-8H,25H2,1H3,(H,26,31)(H,27,30). The third-order valence-corrected chi connectivity index (χ3v) is 4.77. The molecule has 1 aromatic heterocycles. The van der Waals surface area contributed by atoms with Crippen LogP contribution in [-0.4, -0.2) is 21.6 Å². The Labute approximate surface area is 183 Å². The number of para-hydroxylation sites is 1. The quantitative estimate of drug-likeness (QED) is 0.298. The van der Waals surface area contributed by atoms with Gasteiger partial charge in [-0.1, -0.05) is 35.3 Å². The van der Waals surface area contributed by atoms with E-state index in [0.717, 1.165) is 4.68 Å². The molecule has 12 heteroatoms. The minimum atomic E-state index is -4.80. The van der Waals surface area contributed by atoms with Crippen LogP contribution in [0, 0.1) is 6.92 Å². The highest BCUT2D eigenvalue weighted by Gasteiger charge is 2.36. The van der Waals surface area contributed by atoms with Gasteiger partial charge in [-0.05, 0) is 36.8 Å². The summed E-state index contributed by atoms with van der Waals surface area (Å²) >= 11 is 12.1.